The van der Waals surface area contributed by atoms with Crippen LogP contribution in [-0.2, 0) is 20.4 Å². The molecule has 0 amide bonds. The van der Waals surface area contributed by atoms with E-state index in [1.165, 1.54) is 6.92 Å². The number of carboxylic acid groups (broad SMARTS) is 1. The molecule has 106 valence electrons. The Bertz CT molecular complexity index is 734. The predicted molar refractivity (Wildman–Crippen MR) is 76.1 cm³/mol. The number of hydrogen-bond acceptors (Lipinski definition) is 4. The Morgan fingerprint density at radius 2 is 2.00 bits per heavy atom. The number of nitrogens with zero attached hydrogens (tertiary/aromatic N) is 1. The molecule has 1 aromatic heterocycles. The van der Waals surface area contributed by atoms with Crippen molar-refractivity contribution in [1.82, 2.24) is 4.98 Å². The molecule has 0 bridgehead atoms. The minimum absolute atomic E-state index is 0.199. The molecule has 1 N–H and O–H groups in total. The molecule has 6 heteroatoms. The van der Waals surface area contributed by atoms with E-state index in [2.05, 4.69) is 4.98 Å². The van der Waals surface area contributed by atoms with Crippen LogP contribution in [0.15, 0.2) is 36.5 Å². The summed E-state index contributed by atoms with van der Waals surface area (Å²) >= 11 is 0. The molecule has 1 unspecified atom stereocenters. The zero-order chi connectivity index (χ0) is 14.8. The van der Waals surface area contributed by atoms with Crippen LogP contribution in [0.4, 0.5) is 0 Å². The second-order valence-corrected chi connectivity index (χ2v) is 7.13. The van der Waals surface area contributed by atoms with Crippen molar-refractivity contribution in [2.24, 2.45) is 0 Å². The second-order valence-electron chi connectivity index (χ2n) is 4.71. The van der Waals surface area contributed by atoms with Gasteiger partial charge in [-0.3, -0.25) is 9.78 Å². The molecule has 5 nitrogen and oxygen atoms in total. The lowest BCUT2D eigenvalue weighted by molar-refractivity contribution is -0.136. The molecule has 0 aliphatic rings. The summed E-state index contributed by atoms with van der Waals surface area (Å²) in [6.45, 7) is 1.42. The summed E-state index contributed by atoms with van der Waals surface area (Å²) < 4.78 is 24.4. The molecule has 20 heavy (non-hydrogen) atoms. The maximum absolute atomic E-state index is 12.2. The number of carbonyl (C=O) groups is 1. The Balaban J connectivity index is 2.34. The van der Waals surface area contributed by atoms with E-state index in [4.69, 9.17) is 5.11 Å². The minimum atomic E-state index is -3.52. The minimum Gasteiger partial charge on any atom is -0.481 e. The van der Waals surface area contributed by atoms with Crippen molar-refractivity contribution < 1.29 is 18.3 Å². The molecule has 1 atom stereocenters. The van der Waals surface area contributed by atoms with Gasteiger partial charge in [0, 0.05) is 11.6 Å². The summed E-state index contributed by atoms with van der Waals surface area (Å²) in [6, 6.07) is 8.99. The van der Waals surface area contributed by atoms with Gasteiger partial charge in [0.05, 0.1) is 22.9 Å². The molecule has 2 rings (SSSR count). The van der Waals surface area contributed by atoms with Crippen molar-refractivity contribution in [3.8, 4) is 0 Å². The van der Waals surface area contributed by atoms with Gasteiger partial charge in [0.15, 0.2) is 9.84 Å². The number of carboxylic acids is 1. The van der Waals surface area contributed by atoms with Crippen LogP contribution in [0.1, 0.15) is 18.9 Å². The third-order valence-corrected chi connectivity index (χ3v) is 5.25. The zero-order valence-electron chi connectivity index (χ0n) is 11.0. The largest absolute Gasteiger partial charge is 0.481 e. The topological polar surface area (TPSA) is 84.3 Å². The van der Waals surface area contributed by atoms with Gasteiger partial charge in [0.2, 0.25) is 0 Å². The first-order valence-corrected chi connectivity index (χ1v) is 7.87. The predicted octanol–water partition coefficient (Wildman–Crippen LogP) is 2.01. The number of fused-ring (bicyclic) bond motifs is 1. The summed E-state index contributed by atoms with van der Waals surface area (Å²) in [7, 11) is -3.52. The molecule has 0 saturated heterocycles. The third kappa shape index (κ3) is 3.14. The van der Waals surface area contributed by atoms with Gasteiger partial charge in [-0.15, -0.1) is 0 Å². The Kier molecular flexibility index (Phi) is 4.04. The van der Waals surface area contributed by atoms with E-state index in [0.717, 1.165) is 5.39 Å². The van der Waals surface area contributed by atoms with Gasteiger partial charge in [0.25, 0.3) is 0 Å². The fourth-order valence-electron chi connectivity index (χ4n) is 2.02. The zero-order valence-corrected chi connectivity index (χ0v) is 11.8. The molecule has 0 saturated carbocycles. The van der Waals surface area contributed by atoms with Gasteiger partial charge in [-0.05, 0) is 18.6 Å². The van der Waals surface area contributed by atoms with Crippen LogP contribution in [0, 0.1) is 0 Å². The number of pyridine rings is 1. The second kappa shape index (κ2) is 5.58. The van der Waals surface area contributed by atoms with Crippen molar-refractivity contribution in [3.63, 3.8) is 0 Å². The average Bonchev–Trinajstić information content (AvgIpc) is 2.38. The summed E-state index contributed by atoms with van der Waals surface area (Å²) in [4.78, 5) is 14.8. The molecule has 1 aromatic carbocycles. The van der Waals surface area contributed by atoms with Gasteiger partial charge in [-0.2, -0.15) is 0 Å². The van der Waals surface area contributed by atoms with E-state index >= 15 is 0 Å². The SMILES string of the molecule is CC(CC(=O)O)S(=O)(=O)Cc1cccc2cccnc12. The Morgan fingerprint density at radius 1 is 1.30 bits per heavy atom. The third-order valence-electron chi connectivity index (χ3n) is 3.15. The molecule has 1 heterocycles. The van der Waals surface area contributed by atoms with E-state index in [9.17, 15) is 13.2 Å². The lowest BCUT2D eigenvalue weighted by Crippen LogP contribution is -2.23. The monoisotopic (exact) mass is 293 g/mol. The Hall–Kier alpha value is -1.95. The van der Waals surface area contributed by atoms with Crippen LogP contribution in [0.25, 0.3) is 10.9 Å². The average molecular weight is 293 g/mol. The summed E-state index contributed by atoms with van der Waals surface area (Å²) in [5.41, 5.74) is 1.24. The van der Waals surface area contributed by atoms with Crippen LogP contribution >= 0.6 is 0 Å². The number of rotatable bonds is 5. The van der Waals surface area contributed by atoms with Gasteiger partial charge in [-0.1, -0.05) is 24.3 Å². The van der Waals surface area contributed by atoms with E-state index in [1.54, 1.807) is 24.4 Å². The molecular weight excluding hydrogens is 278 g/mol. The highest BCUT2D eigenvalue weighted by molar-refractivity contribution is 7.91. The van der Waals surface area contributed by atoms with Crippen LogP contribution in [0.2, 0.25) is 0 Å². The van der Waals surface area contributed by atoms with Crippen LogP contribution < -0.4 is 0 Å². The standard InChI is InChI=1S/C14H15NO4S/c1-10(8-13(16)17)20(18,19)9-12-5-2-4-11-6-3-7-15-14(11)12/h2-7,10H,8-9H2,1H3,(H,16,17). The summed E-state index contributed by atoms with van der Waals surface area (Å²) in [6.07, 6.45) is 1.22. The van der Waals surface area contributed by atoms with E-state index in [-0.39, 0.29) is 12.2 Å². The van der Waals surface area contributed by atoms with Crippen molar-refractivity contribution in [3.05, 3.63) is 42.1 Å². The molecular formula is C14H15NO4S. The van der Waals surface area contributed by atoms with Gasteiger partial charge < -0.3 is 5.11 Å². The Morgan fingerprint density at radius 3 is 2.70 bits per heavy atom. The highest BCUT2D eigenvalue weighted by Crippen LogP contribution is 2.20. The number of hydrogen-bond donors (Lipinski definition) is 1. The summed E-state index contributed by atoms with van der Waals surface area (Å²) in [5.74, 6) is -1.31. The lowest BCUT2D eigenvalue weighted by atomic mass is 10.1. The van der Waals surface area contributed by atoms with Crippen molar-refractivity contribution in [2.75, 3.05) is 0 Å². The van der Waals surface area contributed by atoms with Gasteiger partial charge in [-0.25, -0.2) is 8.42 Å². The number of aliphatic carboxylic acids is 1. The van der Waals surface area contributed by atoms with Gasteiger partial charge >= 0.3 is 5.97 Å². The first kappa shape index (κ1) is 14.5. The fraction of sp³-hybridized carbons (Fsp3) is 0.286. The first-order valence-electron chi connectivity index (χ1n) is 6.16. The molecule has 0 radical (unpaired) electrons. The van der Waals surface area contributed by atoms with Crippen molar-refractivity contribution in [2.45, 2.75) is 24.3 Å². The highest BCUT2D eigenvalue weighted by Gasteiger charge is 2.24. The number of para-hydroxylation sites is 1. The van der Waals surface area contributed by atoms with Crippen molar-refractivity contribution in [1.29, 1.82) is 0 Å². The Labute approximate surface area is 117 Å². The molecule has 0 fully saturated rings. The van der Waals surface area contributed by atoms with Crippen LogP contribution in [0.5, 0.6) is 0 Å². The number of sulfone groups is 1. The normalized spacial score (nSPS) is 13.2. The highest BCUT2D eigenvalue weighted by atomic mass is 32.2. The molecule has 0 aliphatic carbocycles. The summed E-state index contributed by atoms with van der Waals surface area (Å²) in [5, 5.41) is 8.66. The molecule has 0 aliphatic heterocycles. The number of benzene rings is 1. The molecule has 0 spiro atoms. The van der Waals surface area contributed by atoms with E-state index in [0.29, 0.717) is 11.1 Å². The quantitative estimate of drug-likeness (QED) is 0.911. The molecule has 2 aromatic rings. The fourth-order valence-corrected chi connectivity index (χ4v) is 3.36. The number of aromatic nitrogens is 1. The smallest absolute Gasteiger partial charge is 0.304 e. The maximum Gasteiger partial charge on any atom is 0.304 e. The maximum atomic E-state index is 12.2. The van der Waals surface area contributed by atoms with Crippen LogP contribution in [-0.4, -0.2) is 29.7 Å². The van der Waals surface area contributed by atoms with Crippen molar-refractivity contribution >= 4 is 26.7 Å². The van der Waals surface area contributed by atoms with E-state index in [1.807, 2.05) is 12.1 Å². The van der Waals surface area contributed by atoms with Crippen LogP contribution in [0.3, 0.4) is 0 Å². The van der Waals surface area contributed by atoms with Gasteiger partial charge in [0.1, 0.15) is 0 Å². The first-order chi connectivity index (χ1) is 9.40. The van der Waals surface area contributed by atoms with E-state index < -0.39 is 21.1 Å². The lowest BCUT2D eigenvalue weighted by Gasteiger charge is -2.11.